The second-order valence-corrected chi connectivity index (χ2v) is 4.48. The fourth-order valence-corrected chi connectivity index (χ4v) is 2.00. The minimum absolute atomic E-state index is 0.479. The van der Waals surface area contributed by atoms with Crippen molar-refractivity contribution in [3.8, 4) is 11.6 Å². The highest BCUT2D eigenvalue weighted by Crippen LogP contribution is 2.23. The zero-order valence-electron chi connectivity index (χ0n) is 9.56. The molecule has 5 heteroatoms. The molecular formula is C12H14BrN3O. The summed E-state index contributed by atoms with van der Waals surface area (Å²) < 4.78 is 8.25. The molecule has 1 heterocycles. The molecule has 0 bridgehead atoms. The van der Waals surface area contributed by atoms with Gasteiger partial charge in [0.05, 0.1) is 5.69 Å². The van der Waals surface area contributed by atoms with E-state index in [0.717, 1.165) is 15.9 Å². The Kier molecular flexibility index (Phi) is 3.81. The van der Waals surface area contributed by atoms with Crippen LogP contribution in [0.4, 0.5) is 0 Å². The Labute approximate surface area is 109 Å². The molecule has 0 saturated heterocycles. The van der Waals surface area contributed by atoms with Crippen molar-refractivity contribution in [1.29, 1.82) is 0 Å². The maximum Gasteiger partial charge on any atom is 0.233 e. The Morgan fingerprint density at radius 1 is 1.41 bits per heavy atom. The van der Waals surface area contributed by atoms with Crippen LogP contribution in [0.25, 0.3) is 5.69 Å². The Hall–Kier alpha value is -1.33. The van der Waals surface area contributed by atoms with E-state index in [1.165, 1.54) is 0 Å². The summed E-state index contributed by atoms with van der Waals surface area (Å²) in [6, 6.07) is 9.82. The molecule has 90 valence electrons. The SMILES string of the molecule is Cc1cc(OCCN)nn1-c1ccccc1Br. The summed E-state index contributed by atoms with van der Waals surface area (Å²) >= 11 is 3.51. The molecule has 0 aliphatic rings. The Morgan fingerprint density at radius 2 is 2.18 bits per heavy atom. The number of hydrogen-bond donors (Lipinski definition) is 1. The number of aryl methyl sites for hydroxylation is 1. The number of aromatic nitrogens is 2. The third-order valence-corrected chi connectivity index (χ3v) is 2.98. The summed E-state index contributed by atoms with van der Waals surface area (Å²) in [4.78, 5) is 0. The van der Waals surface area contributed by atoms with Gasteiger partial charge in [-0.3, -0.25) is 0 Å². The summed E-state index contributed by atoms with van der Waals surface area (Å²) in [5, 5.41) is 4.39. The van der Waals surface area contributed by atoms with Crippen LogP contribution < -0.4 is 10.5 Å². The van der Waals surface area contributed by atoms with Crippen molar-refractivity contribution in [3.63, 3.8) is 0 Å². The second kappa shape index (κ2) is 5.33. The molecule has 0 saturated carbocycles. The first-order chi connectivity index (χ1) is 8.22. The predicted octanol–water partition coefficient (Wildman–Crippen LogP) is 2.28. The summed E-state index contributed by atoms with van der Waals surface area (Å²) in [7, 11) is 0. The van der Waals surface area contributed by atoms with Crippen LogP contribution in [0.3, 0.4) is 0 Å². The lowest BCUT2D eigenvalue weighted by molar-refractivity contribution is 0.313. The highest BCUT2D eigenvalue weighted by molar-refractivity contribution is 9.10. The minimum atomic E-state index is 0.479. The Morgan fingerprint density at radius 3 is 2.88 bits per heavy atom. The molecule has 0 spiro atoms. The summed E-state index contributed by atoms with van der Waals surface area (Å²) in [6.07, 6.45) is 0. The smallest absolute Gasteiger partial charge is 0.233 e. The molecule has 0 aliphatic carbocycles. The monoisotopic (exact) mass is 295 g/mol. The van der Waals surface area contributed by atoms with Crippen molar-refractivity contribution in [2.24, 2.45) is 5.73 Å². The van der Waals surface area contributed by atoms with Gasteiger partial charge in [-0.1, -0.05) is 12.1 Å². The molecule has 0 amide bonds. The third kappa shape index (κ3) is 2.68. The number of benzene rings is 1. The number of ether oxygens (including phenoxy) is 1. The molecule has 2 aromatic rings. The fourth-order valence-electron chi connectivity index (χ4n) is 1.55. The fraction of sp³-hybridized carbons (Fsp3) is 0.250. The van der Waals surface area contributed by atoms with Crippen LogP contribution in [-0.2, 0) is 0 Å². The predicted molar refractivity (Wildman–Crippen MR) is 70.6 cm³/mol. The third-order valence-electron chi connectivity index (χ3n) is 2.31. The van der Waals surface area contributed by atoms with Crippen molar-refractivity contribution >= 4 is 15.9 Å². The summed E-state index contributed by atoms with van der Waals surface area (Å²) in [5.74, 6) is 0.601. The van der Waals surface area contributed by atoms with Gasteiger partial charge in [-0.15, -0.1) is 5.10 Å². The topological polar surface area (TPSA) is 53.1 Å². The van der Waals surface area contributed by atoms with Crippen LogP contribution in [0.15, 0.2) is 34.8 Å². The van der Waals surface area contributed by atoms with Crippen molar-refractivity contribution in [2.75, 3.05) is 13.2 Å². The van der Waals surface area contributed by atoms with Gasteiger partial charge in [-0.25, -0.2) is 4.68 Å². The molecular weight excluding hydrogens is 282 g/mol. The zero-order valence-corrected chi connectivity index (χ0v) is 11.1. The summed E-state index contributed by atoms with van der Waals surface area (Å²) in [6.45, 7) is 2.95. The van der Waals surface area contributed by atoms with E-state index < -0.39 is 0 Å². The van der Waals surface area contributed by atoms with Gasteiger partial charge in [0.25, 0.3) is 0 Å². The highest BCUT2D eigenvalue weighted by Gasteiger charge is 2.09. The van der Waals surface area contributed by atoms with Gasteiger partial charge in [0.15, 0.2) is 0 Å². The van der Waals surface area contributed by atoms with Crippen LogP contribution in [0, 0.1) is 6.92 Å². The maximum absolute atomic E-state index is 5.41. The average molecular weight is 296 g/mol. The van der Waals surface area contributed by atoms with Gasteiger partial charge in [0.1, 0.15) is 6.61 Å². The number of para-hydroxylation sites is 1. The zero-order chi connectivity index (χ0) is 12.3. The van der Waals surface area contributed by atoms with E-state index in [1.807, 2.05) is 41.9 Å². The molecule has 0 unspecified atom stereocenters. The van der Waals surface area contributed by atoms with Crippen molar-refractivity contribution in [2.45, 2.75) is 6.92 Å². The first kappa shape index (κ1) is 12.1. The van der Waals surface area contributed by atoms with E-state index in [2.05, 4.69) is 21.0 Å². The highest BCUT2D eigenvalue weighted by atomic mass is 79.9. The molecule has 1 aromatic heterocycles. The van der Waals surface area contributed by atoms with Gasteiger partial charge in [-0.05, 0) is 35.0 Å². The standard InChI is InChI=1S/C12H14BrN3O/c1-9-8-12(17-7-6-14)15-16(9)11-5-3-2-4-10(11)13/h2-5,8H,6-7,14H2,1H3. The van der Waals surface area contributed by atoms with Gasteiger partial charge < -0.3 is 10.5 Å². The number of nitrogens with zero attached hydrogens (tertiary/aromatic N) is 2. The number of halogens is 1. The van der Waals surface area contributed by atoms with E-state index in [-0.39, 0.29) is 0 Å². The largest absolute Gasteiger partial charge is 0.475 e. The first-order valence-corrected chi connectivity index (χ1v) is 6.16. The first-order valence-electron chi connectivity index (χ1n) is 5.37. The molecule has 1 aromatic carbocycles. The molecule has 2 rings (SSSR count). The lowest BCUT2D eigenvalue weighted by Gasteiger charge is -2.05. The van der Waals surface area contributed by atoms with Crippen LogP contribution in [0.2, 0.25) is 0 Å². The van der Waals surface area contributed by atoms with E-state index in [1.54, 1.807) is 0 Å². The average Bonchev–Trinajstić information content (AvgIpc) is 2.68. The quantitative estimate of drug-likeness (QED) is 0.941. The van der Waals surface area contributed by atoms with E-state index >= 15 is 0 Å². The Bertz CT molecular complexity index is 510. The van der Waals surface area contributed by atoms with Gasteiger partial charge in [0, 0.05) is 22.8 Å². The number of hydrogen-bond acceptors (Lipinski definition) is 3. The van der Waals surface area contributed by atoms with Crippen molar-refractivity contribution < 1.29 is 4.74 Å². The van der Waals surface area contributed by atoms with Crippen LogP contribution in [0.5, 0.6) is 5.88 Å². The van der Waals surface area contributed by atoms with Crippen LogP contribution >= 0.6 is 15.9 Å². The molecule has 4 nitrogen and oxygen atoms in total. The Balaban J connectivity index is 2.33. The lowest BCUT2D eigenvalue weighted by atomic mass is 10.3. The van der Waals surface area contributed by atoms with Crippen molar-refractivity contribution in [3.05, 3.63) is 40.5 Å². The van der Waals surface area contributed by atoms with E-state index in [0.29, 0.717) is 19.0 Å². The molecule has 0 radical (unpaired) electrons. The van der Waals surface area contributed by atoms with Crippen LogP contribution in [-0.4, -0.2) is 22.9 Å². The molecule has 0 aliphatic heterocycles. The van der Waals surface area contributed by atoms with E-state index in [4.69, 9.17) is 10.5 Å². The molecule has 0 atom stereocenters. The normalized spacial score (nSPS) is 10.5. The van der Waals surface area contributed by atoms with Gasteiger partial charge >= 0.3 is 0 Å². The van der Waals surface area contributed by atoms with Crippen LogP contribution in [0.1, 0.15) is 5.69 Å². The van der Waals surface area contributed by atoms with Gasteiger partial charge in [0.2, 0.25) is 5.88 Å². The van der Waals surface area contributed by atoms with Crippen molar-refractivity contribution in [1.82, 2.24) is 9.78 Å². The maximum atomic E-state index is 5.41. The van der Waals surface area contributed by atoms with Gasteiger partial charge in [-0.2, -0.15) is 0 Å². The molecule has 2 N–H and O–H groups in total. The van der Waals surface area contributed by atoms with E-state index in [9.17, 15) is 0 Å². The summed E-state index contributed by atoms with van der Waals surface area (Å²) in [5.41, 5.74) is 7.40. The number of nitrogens with two attached hydrogens (primary N) is 1. The molecule has 17 heavy (non-hydrogen) atoms. The minimum Gasteiger partial charge on any atom is -0.475 e. The second-order valence-electron chi connectivity index (χ2n) is 3.62. The number of rotatable bonds is 4. The lowest BCUT2D eigenvalue weighted by Crippen LogP contribution is -2.11. The molecule has 0 fully saturated rings.